The normalized spacial score (nSPS) is 16.1. The van der Waals surface area contributed by atoms with Crippen LogP contribution in [0.3, 0.4) is 0 Å². The van der Waals surface area contributed by atoms with E-state index in [0.29, 0.717) is 5.92 Å². The summed E-state index contributed by atoms with van der Waals surface area (Å²) in [7, 11) is 0. The quantitative estimate of drug-likeness (QED) is 0.245. The molecule has 0 fully saturated rings. The van der Waals surface area contributed by atoms with E-state index in [0.717, 1.165) is 6.42 Å². The molecule has 0 radical (unpaired) electrons. The van der Waals surface area contributed by atoms with Gasteiger partial charge in [0, 0.05) is 22.4 Å². The van der Waals surface area contributed by atoms with Crippen molar-refractivity contribution in [3.63, 3.8) is 0 Å². The average Bonchev–Trinajstić information content (AvgIpc) is 3.36. The molecule has 160 valence electrons. The number of hydrogen-bond donors (Lipinski definition) is 0. The Morgan fingerprint density at radius 3 is 2.32 bits per heavy atom. The molecule has 5 aromatic carbocycles. The SMILES string of the molecule is Cc1ccc(-c2cc3c4c(c2)c2cc5ccccc5cc2n4C2=Cc4ccccc4CC23)cc1. The van der Waals surface area contributed by atoms with Crippen LogP contribution in [0.25, 0.3) is 55.5 Å². The molecular formula is C33H23N. The number of allylic oxidation sites excluding steroid dienone is 1. The molecule has 0 amide bonds. The van der Waals surface area contributed by atoms with Crippen LogP contribution >= 0.6 is 0 Å². The summed E-state index contributed by atoms with van der Waals surface area (Å²) in [6, 6.07) is 36.3. The third-order valence-corrected chi connectivity index (χ3v) is 7.92. The molecule has 8 rings (SSSR count). The maximum atomic E-state index is 2.56. The molecule has 1 aliphatic heterocycles. The fourth-order valence-electron chi connectivity index (χ4n) is 6.24. The molecule has 0 N–H and O–H groups in total. The minimum atomic E-state index is 0.397. The van der Waals surface area contributed by atoms with Crippen LogP contribution in [-0.2, 0) is 6.42 Å². The second-order valence-electron chi connectivity index (χ2n) is 9.90. The van der Waals surface area contributed by atoms with Gasteiger partial charge in [0.25, 0.3) is 0 Å². The van der Waals surface area contributed by atoms with Gasteiger partial charge in [0.15, 0.2) is 0 Å². The van der Waals surface area contributed by atoms with Gasteiger partial charge in [-0.2, -0.15) is 0 Å². The van der Waals surface area contributed by atoms with E-state index in [1.165, 1.54) is 71.7 Å². The second kappa shape index (κ2) is 6.48. The highest BCUT2D eigenvalue weighted by Gasteiger charge is 2.35. The van der Waals surface area contributed by atoms with Gasteiger partial charge in [-0.05, 0) is 82.3 Å². The summed E-state index contributed by atoms with van der Waals surface area (Å²) in [5.74, 6) is 0.397. The zero-order valence-corrected chi connectivity index (χ0v) is 19.0. The van der Waals surface area contributed by atoms with Crippen LogP contribution in [0.4, 0.5) is 0 Å². The molecule has 1 aromatic heterocycles. The topological polar surface area (TPSA) is 4.93 Å². The molecule has 0 saturated heterocycles. The number of nitrogens with zero attached hydrogens (tertiary/aromatic N) is 1. The van der Waals surface area contributed by atoms with E-state index in [2.05, 4.69) is 115 Å². The highest BCUT2D eigenvalue weighted by Crippen LogP contribution is 2.52. The van der Waals surface area contributed by atoms with Crippen molar-refractivity contribution in [2.24, 2.45) is 0 Å². The maximum Gasteiger partial charge on any atom is 0.0577 e. The molecule has 0 bridgehead atoms. The Morgan fingerprint density at radius 2 is 1.47 bits per heavy atom. The van der Waals surface area contributed by atoms with Gasteiger partial charge in [0.2, 0.25) is 0 Å². The molecule has 34 heavy (non-hydrogen) atoms. The minimum Gasteiger partial charge on any atom is -0.312 e. The largest absolute Gasteiger partial charge is 0.312 e. The zero-order chi connectivity index (χ0) is 22.4. The van der Waals surface area contributed by atoms with Gasteiger partial charge in [-0.15, -0.1) is 0 Å². The van der Waals surface area contributed by atoms with Gasteiger partial charge in [-0.3, -0.25) is 0 Å². The lowest BCUT2D eigenvalue weighted by Crippen LogP contribution is -2.09. The van der Waals surface area contributed by atoms with Gasteiger partial charge >= 0.3 is 0 Å². The van der Waals surface area contributed by atoms with Crippen LogP contribution in [0.5, 0.6) is 0 Å². The summed E-state index contributed by atoms with van der Waals surface area (Å²) >= 11 is 0. The summed E-state index contributed by atoms with van der Waals surface area (Å²) in [4.78, 5) is 0. The van der Waals surface area contributed by atoms with Crippen molar-refractivity contribution in [1.29, 1.82) is 0 Å². The molecule has 0 saturated carbocycles. The lowest BCUT2D eigenvalue weighted by atomic mass is 9.83. The maximum absolute atomic E-state index is 2.56. The predicted molar refractivity (Wildman–Crippen MR) is 144 cm³/mol. The van der Waals surface area contributed by atoms with Crippen molar-refractivity contribution in [2.75, 3.05) is 0 Å². The smallest absolute Gasteiger partial charge is 0.0577 e. The first kappa shape index (κ1) is 18.3. The van der Waals surface area contributed by atoms with Crippen LogP contribution in [0.2, 0.25) is 0 Å². The lowest BCUT2D eigenvalue weighted by Gasteiger charge is -2.23. The van der Waals surface area contributed by atoms with Gasteiger partial charge in [0.05, 0.1) is 11.0 Å². The fraction of sp³-hybridized carbons (Fsp3) is 0.0909. The van der Waals surface area contributed by atoms with E-state index in [-0.39, 0.29) is 0 Å². The third kappa shape index (κ3) is 2.39. The van der Waals surface area contributed by atoms with Crippen LogP contribution in [0.15, 0.2) is 97.1 Å². The summed E-state index contributed by atoms with van der Waals surface area (Å²) < 4.78 is 2.56. The van der Waals surface area contributed by atoms with Gasteiger partial charge in [-0.25, -0.2) is 0 Å². The van der Waals surface area contributed by atoms with Gasteiger partial charge in [0.1, 0.15) is 0 Å². The monoisotopic (exact) mass is 433 g/mol. The van der Waals surface area contributed by atoms with Crippen molar-refractivity contribution >= 4 is 44.4 Å². The van der Waals surface area contributed by atoms with E-state index >= 15 is 0 Å². The van der Waals surface area contributed by atoms with E-state index in [9.17, 15) is 0 Å². The molecule has 0 spiro atoms. The van der Waals surface area contributed by atoms with Crippen LogP contribution in [0.1, 0.15) is 28.2 Å². The van der Waals surface area contributed by atoms with E-state index in [1.807, 2.05) is 0 Å². The Bertz CT molecular complexity index is 1830. The van der Waals surface area contributed by atoms with Gasteiger partial charge in [-0.1, -0.05) is 78.4 Å². The van der Waals surface area contributed by atoms with E-state index < -0.39 is 0 Å². The van der Waals surface area contributed by atoms with Crippen LogP contribution in [0, 0.1) is 6.92 Å². The van der Waals surface area contributed by atoms with Crippen LogP contribution in [-0.4, -0.2) is 4.57 Å². The fourth-order valence-corrected chi connectivity index (χ4v) is 6.24. The first-order chi connectivity index (χ1) is 16.7. The van der Waals surface area contributed by atoms with Crippen molar-refractivity contribution in [3.8, 4) is 11.1 Å². The van der Waals surface area contributed by atoms with Gasteiger partial charge < -0.3 is 4.57 Å². The molecule has 2 aliphatic rings. The van der Waals surface area contributed by atoms with E-state index in [4.69, 9.17) is 0 Å². The number of benzene rings is 5. The Morgan fingerprint density at radius 1 is 0.706 bits per heavy atom. The van der Waals surface area contributed by atoms with Crippen molar-refractivity contribution in [2.45, 2.75) is 19.3 Å². The molecule has 1 heteroatoms. The summed E-state index contributed by atoms with van der Waals surface area (Å²) in [5.41, 5.74) is 12.3. The van der Waals surface area contributed by atoms with Crippen molar-refractivity contribution in [3.05, 3.63) is 119 Å². The second-order valence-corrected chi connectivity index (χ2v) is 9.90. The standard InChI is InChI=1S/C33H23N/c1-20-10-12-21(13-11-20)26-16-29-27-14-22-6-2-4-8-24(22)18-31(27)34-32-19-25-9-5-3-7-23(25)15-28(32)30(17-26)33(29)34/h2-14,16-19,28H,15H2,1H3. The van der Waals surface area contributed by atoms with E-state index in [1.54, 1.807) is 0 Å². The summed E-state index contributed by atoms with van der Waals surface area (Å²) in [6.45, 7) is 2.15. The van der Waals surface area contributed by atoms with Crippen molar-refractivity contribution in [1.82, 2.24) is 4.57 Å². The number of aryl methyl sites for hydroxylation is 1. The molecule has 1 atom stereocenters. The Kier molecular flexibility index (Phi) is 3.50. The highest BCUT2D eigenvalue weighted by atomic mass is 15.0. The minimum absolute atomic E-state index is 0.397. The number of rotatable bonds is 1. The molecule has 1 aliphatic carbocycles. The van der Waals surface area contributed by atoms with Crippen molar-refractivity contribution < 1.29 is 0 Å². The molecule has 6 aromatic rings. The molecule has 2 heterocycles. The molecular weight excluding hydrogens is 410 g/mol. The Labute approximate surface area is 198 Å². The number of hydrogen-bond acceptors (Lipinski definition) is 0. The Balaban J connectivity index is 1.51. The average molecular weight is 434 g/mol. The summed E-state index contributed by atoms with van der Waals surface area (Å²) in [6.07, 6.45) is 3.49. The first-order valence-corrected chi connectivity index (χ1v) is 12.1. The number of fused-ring (bicyclic) bond motifs is 8. The van der Waals surface area contributed by atoms with Crippen LogP contribution < -0.4 is 0 Å². The lowest BCUT2D eigenvalue weighted by molar-refractivity contribution is 0.846. The Hall–Kier alpha value is -4.10. The highest BCUT2D eigenvalue weighted by molar-refractivity contribution is 6.18. The molecule has 1 unspecified atom stereocenters. The first-order valence-electron chi connectivity index (χ1n) is 12.1. The molecule has 1 nitrogen and oxygen atoms in total. The third-order valence-electron chi connectivity index (χ3n) is 7.92. The number of aromatic nitrogens is 1. The predicted octanol–water partition coefficient (Wildman–Crippen LogP) is 8.57. The zero-order valence-electron chi connectivity index (χ0n) is 19.0. The summed E-state index contributed by atoms with van der Waals surface area (Å²) in [5, 5.41) is 5.32.